The van der Waals surface area contributed by atoms with Gasteiger partial charge >= 0.3 is 0 Å². The molecule has 29 heavy (non-hydrogen) atoms. The Kier molecular flexibility index (Phi) is 5.84. The average molecular weight is 387 g/mol. The molecular formula is C24H25N3O2. The molecule has 1 unspecified atom stereocenters. The summed E-state index contributed by atoms with van der Waals surface area (Å²) in [6.07, 6.45) is 3.45. The lowest BCUT2D eigenvalue weighted by Gasteiger charge is -2.14. The summed E-state index contributed by atoms with van der Waals surface area (Å²) in [4.78, 5) is 32.9. The maximum absolute atomic E-state index is 12.6. The average Bonchev–Trinajstić information content (AvgIpc) is 2.98. The van der Waals surface area contributed by atoms with Gasteiger partial charge in [0.1, 0.15) is 5.82 Å². The Labute approximate surface area is 170 Å². The first kappa shape index (κ1) is 19.1. The minimum Gasteiger partial charge on any atom is -0.356 e. The van der Waals surface area contributed by atoms with Crippen LogP contribution >= 0.6 is 0 Å². The largest absolute Gasteiger partial charge is 0.356 e. The number of carbonyl (C=O) groups excluding carboxylic acids is 1. The van der Waals surface area contributed by atoms with Crippen LogP contribution in [0.15, 0.2) is 65.5 Å². The summed E-state index contributed by atoms with van der Waals surface area (Å²) < 4.78 is 0. The third-order valence-corrected chi connectivity index (χ3v) is 5.55. The van der Waals surface area contributed by atoms with E-state index in [4.69, 9.17) is 4.98 Å². The van der Waals surface area contributed by atoms with Crippen LogP contribution in [0.25, 0.3) is 11.4 Å². The zero-order valence-electron chi connectivity index (χ0n) is 16.4. The highest BCUT2D eigenvalue weighted by atomic mass is 16.2. The minimum atomic E-state index is -0.0843. The number of hydrogen-bond acceptors (Lipinski definition) is 3. The topological polar surface area (TPSA) is 74.8 Å². The van der Waals surface area contributed by atoms with Gasteiger partial charge in [-0.05, 0) is 37.7 Å². The first-order valence-electron chi connectivity index (χ1n) is 10.2. The van der Waals surface area contributed by atoms with Gasteiger partial charge < -0.3 is 10.3 Å². The van der Waals surface area contributed by atoms with Crippen molar-refractivity contribution in [1.29, 1.82) is 0 Å². The minimum absolute atomic E-state index is 0.0773. The summed E-state index contributed by atoms with van der Waals surface area (Å²) in [7, 11) is 0. The number of benzene rings is 2. The molecular weight excluding hydrogens is 362 g/mol. The number of aromatic amines is 1. The second kappa shape index (κ2) is 8.86. The van der Waals surface area contributed by atoms with Crippen molar-refractivity contribution < 1.29 is 4.79 Å². The lowest BCUT2D eigenvalue weighted by atomic mass is 9.98. The van der Waals surface area contributed by atoms with Crippen molar-refractivity contribution in [1.82, 2.24) is 15.3 Å². The molecule has 4 rings (SSSR count). The van der Waals surface area contributed by atoms with E-state index in [1.165, 1.54) is 5.56 Å². The van der Waals surface area contributed by atoms with E-state index < -0.39 is 0 Å². The molecule has 1 amide bonds. The summed E-state index contributed by atoms with van der Waals surface area (Å²) in [5.74, 6) is 0.591. The van der Waals surface area contributed by atoms with Crippen molar-refractivity contribution in [2.45, 2.75) is 32.1 Å². The Hall–Kier alpha value is -3.21. The molecule has 2 N–H and O–H groups in total. The number of nitrogens with zero attached hydrogens (tertiary/aromatic N) is 1. The molecule has 1 aliphatic carbocycles. The fourth-order valence-corrected chi connectivity index (χ4v) is 3.90. The number of H-pyrrole nitrogens is 1. The maximum atomic E-state index is 12.6. The molecule has 1 aliphatic rings. The first-order valence-corrected chi connectivity index (χ1v) is 10.2. The number of fused-ring (bicyclic) bond motifs is 1. The number of nitrogens with one attached hydrogen (secondary N) is 2. The van der Waals surface area contributed by atoms with Crippen LogP contribution in [0, 0.1) is 5.92 Å². The molecule has 0 radical (unpaired) electrons. The molecule has 0 bridgehead atoms. The van der Waals surface area contributed by atoms with E-state index >= 15 is 0 Å². The van der Waals surface area contributed by atoms with Crippen molar-refractivity contribution in [3.8, 4) is 11.4 Å². The van der Waals surface area contributed by atoms with Gasteiger partial charge in [0.05, 0.1) is 5.69 Å². The van der Waals surface area contributed by atoms with E-state index in [0.29, 0.717) is 31.6 Å². The van der Waals surface area contributed by atoms with E-state index in [1.54, 1.807) is 0 Å². The molecule has 0 saturated heterocycles. The van der Waals surface area contributed by atoms with Crippen molar-refractivity contribution in [2.75, 3.05) is 6.54 Å². The van der Waals surface area contributed by atoms with Gasteiger partial charge in [-0.3, -0.25) is 9.59 Å². The van der Waals surface area contributed by atoms with E-state index in [-0.39, 0.29) is 17.4 Å². The standard InChI is InChI=1S/C24H25N3O2/c28-23(25-16-15-17-7-3-1-4-8-17)19-11-13-20-21(14-12-19)26-22(27-24(20)29)18-9-5-2-6-10-18/h1-10,19H,11-16H2,(H,25,28)(H,26,27,29). The number of amides is 1. The number of aryl methyl sites for hydroxylation is 1. The Morgan fingerprint density at radius 3 is 2.45 bits per heavy atom. The normalized spacial score (nSPS) is 15.9. The quantitative estimate of drug-likeness (QED) is 0.660. The highest BCUT2D eigenvalue weighted by Crippen LogP contribution is 2.23. The fourth-order valence-electron chi connectivity index (χ4n) is 3.90. The van der Waals surface area contributed by atoms with Crippen LogP contribution in [0.4, 0.5) is 0 Å². The SMILES string of the molecule is O=C(NCCc1ccccc1)C1CCc2nc(-c3ccccc3)[nH]c(=O)c2CC1. The molecule has 0 saturated carbocycles. The van der Waals surface area contributed by atoms with Gasteiger partial charge in [0.15, 0.2) is 0 Å². The molecule has 148 valence electrons. The van der Waals surface area contributed by atoms with Gasteiger partial charge in [0, 0.05) is 23.6 Å². The van der Waals surface area contributed by atoms with Gasteiger partial charge in [-0.2, -0.15) is 0 Å². The predicted octanol–water partition coefficient (Wildman–Crippen LogP) is 3.29. The van der Waals surface area contributed by atoms with Crippen LogP contribution in [0.5, 0.6) is 0 Å². The number of hydrogen-bond donors (Lipinski definition) is 2. The van der Waals surface area contributed by atoms with Gasteiger partial charge in [-0.25, -0.2) is 4.98 Å². The molecule has 0 aliphatic heterocycles. The highest BCUT2D eigenvalue weighted by Gasteiger charge is 2.25. The van der Waals surface area contributed by atoms with Crippen LogP contribution in [0.2, 0.25) is 0 Å². The summed E-state index contributed by atoms with van der Waals surface area (Å²) in [5.41, 5.74) is 3.58. The Morgan fingerprint density at radius 2 is 1.69 bits per heavy atom. The number of carbonyl (C=O) groups is 1. The summed E-state index contributed by atoms with van der Waals surface area (Å²) in [6, 6.07) is 19.8. The van der Waals surface area contributed by atoms with E-state index in [9.17, 15) is 9.59 Å². The third-order valence-electron chi connectivity index (χ3n) is 5.55. The van der Waals surface area contributed by atoms with Gasteiger partial charge in [-0.15, -0.1) is 0 Å². The summed E-state index contributed by atoms with van der Waals surface area (Å²) in [6.45, 7) is 0.628. The van der Waals surface area contributed by atoms with Gasteiger partial charge in [0.2, 0.25) is 5.91 Å². The molecule has 1 heterocycles. The fraction of sp³-hybridized carbons (Fsp3) is 0.292. The predicted molar refractivity (Wildman–Crippen MR) is 114 cm³/mol. The molecule has 3 aromatic rings. The zero-order valence-corrected chi connectivity index (χ0v) is 16.4. The van der Waals surface area contributed by atoms with Crippen LogP contribution in [0.3, 0.4) is 0 Å². The number of aromatic nitrogens is 2. The third kappa shape index (κ3) is 4.62. The lowest BCUT2D eigenvalue weighted by molar-refractivity contribution is -0.125. The zero-order chi connectivity index (χ0) is 20.1. The molecule has 5 heteroatoms. The second-order valence-electron chi connectivity index (χ2n) is 7.51. The van der Waals surface area contributed by atoms with Crippen LogP contribution < -0.4 is 10.9 Å². The number of rotatable bonds is 5. The van der Waals surface area contributed by atoms with E-state index in [2.05, 4.69) is 22.4 Å². The molecule has 1 aromatic heterocycles. The Bertz CT molecular complexity index is 1030. The van der Waals surface area contributed by atoms with E-state index in [0.717, 1.165) is 29.7 Å². The first-order chi connectivity index (χ1) is 14.2. The van der Waals surface area contributed by atoms with E-state index in [1.807, 2.05) is 48.5 Å². The lowest BCUT2D eigenvalue weighted by Crippen LogP contribution is -2.32. The summed E-state index contributed by atoms with van der Waals surface area (Å²) >= 11 is 0. The molecule has 0 spiro atoms. The smallest absolute Gasteiger partial charge is 0.254 e. The molecule has 2 aromatic carbocycles. The van der Waals surface area contributed by atoms with Crippen molar-refractivity contribution in [3.05, 3.63) is 87.8 Å². The summed E-state index contributed by atoms with van der Waals surface area (Å²) in [5, 5.41) is 3.06. The van der Waals surface area contributed by atoms with Crippen molar-refractivity contribution in [3.63, 3.8) is 0 Å². The van der Waals surface area contributed by atoms with Crippen molar-refractivity contribution in [2.24, 2.45) is 5.92 Å². The van der Waals surface area contributed by atoms with Gasteiger partial charge in [0.25, 0.3) is 5.56 Å². The highest BCUT2D eigenvalue weighted by molar-refractivity contribution is 5.78. The van der Waals surface area contributed by atoms with Crippen LogP contribution in [-0.2, 0) is 24.1 Å². The van der Waals surface area contributed by atoms with Crippen molar-refractivity contribution >= 4 is 5.91 Å². The van der Waals surface area contributed by atoms with Gasteiger partial charge in [-0.1, -0.05) is 60.7 Å². The monoisotopic (exact) mass is 387 g/mol. The molecule has 5 nitrogen and oxygen atoms in total. The van der Waals surface area contributed by atoms with Crippen LogP contribution in [0.1, 0.15) is 29.7 Å². The van der Waals surface area contributed by atoms with Crippen LogP contribution in [-0.4, -0.2) is 22.4 Å². The maximum Gasteiger partial charge on any atom is 0.254 e. The Balaban J connectivity index is 1.40. The molecule has 1 atom stereocenters. The molecule has 0 fully saturated rings. The Morgan fingerprint density at radius 1 is 1.00 bits per heavy atom. The second-order valence-corrected chi connectivity index (χ2v) is 7.51.